The van der Waals surface area contributed by atoms with Gasteiger partial charge in [-0.05, 0) is 61.2 Å². The fraction of sp³-hybridized carbons (Fsp3) is 0.312. The van der Waals surface area contributed by atoms with Crippen molar-refractivity contribution < 1.29 is 4.74 Å². The predicted octanol–water partition coefficient (Wildman–Crippen LogP) is 4.58. The summed E-state index contributed by atoms with van der Waals surface area (Å²) in [7, 11) is 0. The van der Waals surface area contributed by atoms with Crippen LogP contribution in [0.25, 0.3) is 0 Å². The van der Waals surface area contributed by atoms with Gasteiger partial charge in [0.05, 0.1) is 5.69 Å². The van der Waals surface area contributed by atoms with Gasteiger partial charge >= 0.3 is 0 Å². The molecule has 2 N–H and O–H groups in total. The summed E-state index contributed by atoms with van der Waals surface area (Å²) in [6, 6.07) is 3.84. The van der Waals surface area contributed by atoms with Crippen LogP contribution in [0.3, 0.4) is 0 Å². The zero-order chi connectivity index (χ0) is 15.7. The van der Waals surface area contributed by atoms with Crippen molar-refractivity contribution >= 4 is 36.3 Å². The third-order valence-electron chi connectivity index (χ3n) is 3.65. The first-order chi connectivity index (χ1) is 10.6. The highest BCUT2D eigenvalue weighted by Gasteiger charge is 2.29. The molecule has 0 bridgehead atoms. The van der Waals surface area contributed by atoms with Crippen LogP contribution in [-0.2, 0) is 0 Å². The molecule has 0 saturated heterocycles. The highest BCUT2D eigenvalue weighted by atomic mass is 32.2. The lowest BCUT2D eigenvalue weighted by Crippen LogP contribution is -2.15. The van der Waals surface area contributed by atoms with E-state index in [1.807, 2.05) is 19.1 Å². The van der Waals surface area contributed by atoms with Crippen LogP contribution in [0.4, 0.5) is 0 Å². The number of nitrogens with zero attached hydrogens (tertiary/aromatic N) is 1. The average Bonchev–Trinajstić information content (AvgIpc) is 2.50. The number of allylic oxidation sites excluding steroid dienone is 3. The van der Waals surface area contributed by atoms with Gasteiger partial charge in [-0.3, -0.25) is 10.1 Å². The van der Waals surface area contributed by atoms with Crippen molar-refractivity contribution in [1.82, 2.24) is 4.98 Å². The molecular formula is C16H18N2OS3. The number of rotatable bonds is 3. The highest BCUT2D eigenvalue weighted by molar-refractivity contribution is 8.04. The molecule has 6 heteroatoms. The normalized spacial score (nSPS) is 21.6. The molecule has 0 amide bonds. The molecule has 1 aromatic rings. The Morgan fingerprint density at radius 1 is 1.45 bits per heavy atom. The van der Waals surface area contributed by atoms with Crippen LogP contribution in [0.15, 0.2) is 50.5 Å². The second-order valence-electron chi connectivity index (χ2n) is 5.26. The van der Waals surface area contributed by atoms with E-state index in [2.05, 4.69) is 30.6 Å². The first-order valence-corrected chi connectivity index (χ1v) is 9.31. The number of pyridine rings is 1. The number of ether oxygens (including phenoxy) is 1. The number of aryl methyl sites for hydroxylation is 1. The fourth-order valence-electron chi connectivity index (χ4n) is 2.60. The Bertz CT molecular complexity index is 694. The Morgan fingerprint density at radius 2 is 2.27 bits per heavy atom. The number of hydrogen-bond donors (Lipinski definition) is 2. The van der Waals surface area contributed by atoms with E-state index in [1.165, 1.54) is 17.5 Å². The van der Waals surface area contributed by atoms with Gasteiger partial charge < -0.3 is 4.74 Å². The van der Waals surface area contributed by atoms with Crippen molar-refractivity contribution in [3.8, 4) is 5.75 Å². The minimum atomic E-state index is 0.385. The summed E-state index contributed by atoms with van der Waals surface area (Å²) < 4.78 is 6.21. The molecule has 22 heavy (non-hydrogen) atoms. The molecule has 116 valence electrons. The van der Waals surface area contributed by atoms with Crippen LogP contribution in [0.5, 0.6) is 5.75 Å². The van der Waals surface area contributed by atoms with E-state index in [1.54, 1.807) is 18.0 Å². The molecular weight excluding hydrogens is 332 g/mol. The summed E-state index contributed by atoms with van der Waals surface area (Å²) in [5.41, 5.74) is 3.30. The Hall–Kier alpha value is -0.820. The summed E-state index contributed by atoms with van der Waals surface area (Å²) in [6.45, 7) is 4.14. The van der Waals surface area contributed by atoms with Crippen LogP contribution >= 0.6 is 36.3 Å². The fourth-order valence-corrected chi connectivity index (χ4v) is 4.68. The van der Waals surface area contributed by atoms with E-state index in [4.69, 9.17) is 9.88 Å². The zero-order valence-corrected chi connectivity index (χ0v) is 15.0. The summed E-state index contributed by atoms with van der Waals surface area (Å²) in [5.74, 6) is 0.790. The van der Waals surface area contributed by atoms with Crippen molar-refractivity contribution in [2.75, 3.05) is 0 Å². The largest absolute Gasteiger partial charge is 0.448 e. The number of aromatic nitrogens is 1. The maximum atomic E-state index is 6.21. The topological polar surface area (TPSA) is 48.1 Å². The maximum absolute atomic E-state index is 6.21. The first-order valence-electron chi connectivity index (χ1n) is 7.11. The molecule has 2 aliphatic rings. The Balaban J connectivity index is 2.07. The van der Waals surface area contributed by atoms with Crippen LogP contribution in [0.2, 0.25) is 0 Å². The number of hydrogen-bond acceptors (Lipinski definition) is 6. The van der Waals surface area contributed by atoms with Crippen molar-refractivity contribution in [3.63, 3.8) is 0 Å². The predicted molar refractivity (Wildman–Crippen MR) is 98.8 cm³/mol. The van der Waals surface area contributed by atoms with Gasteiger partial charge in [0, 0.05) is 21.9 Å². The van der Waals surface area contributed by atoms with E-state index >= 15 is 0 Å². The number of nitrogens with two attached hydrogens (primary N) is 1. The molecule has 3 rings (SSSR count). The Labute approximate surface area is 145 Å². The summed E-state index contributed by atoms with van der Waals surface area (Å²) in [5, 5.41) is 7.18. The highest BCUT2D eigenvalue weighted by Crippen LogP contribution is 2.48. The molecule has 3 nitrogen and oxygen atoms in total. The molecule has 2 heterocycles. The number of fused-ring (bicyclic) bond motifs is 1. The van der Waals surface area contributed by atoms with E-state index in [0.717, 1.165) is 44.8 Å². The van der Waals surface area contributed by atoms with Crippen molar-refractivity contribution in [1.29, 1.82) is 0 Å². The summed E-state index contributed by atoms with van der Waals surface area (Å²) in [4.78, 5) is 6.36. The summed E-state index contributed by atoms with van der Waals surface area (Å²) >= 11 is 7.57. The summed E-state index contributed by atoms with van der Waals surface area (Å²) in [6.07, 6.45) is 6.01. The lowest BCUT2D eigenvalue weighted by Gasteiger charge is -2.29. The van der Waals surface area contributed by atoms with Gasteiger partial charge in [0.2, 0.25) is 0 Å². The van der Waals surface area contributed by atoms with Gasteiger partial charge in [0.1, 0.15) is 5.75 Å². The molecule has 1 aromatic heterocycles. The maximum Gasteiger partial charge on any atom is 0.170 e. The van der Waals surface area contributed by atoms with E-state index < -0.39 is 0 Å². The van der Waals surface area contributed by atoms with Crippen molar-refractivity contribution in [2.45, 2.75) is 31.9 Å². The quantitative estimate of drug-likeness (QED) is 0.617. The van der Waals surface area contributed by atoms with Gasteiger partial charge in [-0.15, -0.1) is 12.6 Å². The molecule has 0 fully saturated rings. The molecule has 0 saturated carbocycles. The molecule has 0 aromatic carbocycles. The van der Waals surface area contributed by atoms with Gasteiger partial charge in [0.15, 0.2) is 5.09 Å². The molecule has 1 unspecified atom stereocenters. The van der Waals surface area contributed by atoms with Crippen LogP contribution in [-0.4, -0.2) is 10.2 Å². The van der Waals surface area contributed by atoms with Gasteiger partial charge in [-0.1, -0.05) is 17.8 Å². The van der Waals surface area contributed by atoms with Crippen molar-refractivity contribution in [3.05, 3.63) is 56.1 Å². The molecule has 0 spiro atoms. The van der Waals surface area contributed by atoms with E-state index in [9.17, 15) is 0 Å². The first kappa shape index (κ1) is 16.1. The number of thioether (sulfide) groups is 1. The molecule has 1 aliphatic carbocycles. The molecule has 1 aliphatic heterocycles. The molecule has 0 radical (unpaired) electrons. The van der Waals surface area contributed by atoms with Crippen molar-refractivity contribution in [2.24, 2.45) is 5.14 Å². The average molecular weight is 351 g/mol. The lowest BCUT2D eigenvalue weighted by atomic mass is 9.94. The minimum Gasteiger partial charge on any atom is -0.448 e. The van der Waals surface area contributed by atoms with Crippen LogP contribution in [0.1, 0.15) is 25.5 Å². The lowest BCUT2D eigenvalue weighted by molar-refractivity contribution is 0.454. The van der Waals surface area contributed by atoms with E-state index in [-0.39, 0.29) is 0 Å². The van der Waals surface area contributed by atoms with Gasteiger partial charge in [-0.25, -0.2) is 0 Å². The Morgan fingerprint density at radius 3 is 3.00 bits per heavy atom. The van der Waals surface area contributed by atoms with Gasteiger partial charge in [-0.2, -0.15) is 0 Å². The third-order valence-corrected chi connectivity index (χ3v) is 5.95. The Kier molecular flexibility index (Phi) is 4.92. The monoisotopic (exact) mass is 350 g/mol. The number of thiol groups is 1. The third kappa shape index (κ3) is 3.11. The van der Waals surface area contributed by atoms with Gasteiger partial charge in [0.25, 0.3) is 0 Å². The van der Waals surface area contributed by atoms with Crippen LogP contribution in [0, 0.1) is 6.92 Å². The van der Waals surface area contributed by atoms with E-state index in [0.29, 0.717) is 5.25 Å². The smallest absolute Gasteiger partial charge is 0.170 e. The molecule has 1 atom stereocenters. The van der Waals surface area contributed by atoms with Crippen LogP contribution < -0.4 is 9.88 Å². The second-order valence-corrected chi connectivity index (χ2v) is 7.79. The second kappa shape index (κ2) is 6.74. The SMILES string of the molecule is Cc1ncccc1OC1=C2C(=CC(C)S1)CCC(S)=C2SN. The zero-order valence-electron chi connectivity index (χ0n) is 12.5. The minimum absolute atomic E-state index is 0.385. The standard InChI is InChI=1S/C16H18N2OS3/c1-9-8-11-5-6-13(20)15(22-17)14(11)16(21-9)19-12-4-3-7-18-10(12)2/h3-4,7-9,20H,5-6,17H2,1-2H3.